The number of carbonyl (C=O) groups is 1. The highest BCUT2D eigenvalue weighted by Crippen LogP contribution is 2.19. The van der Waals surface area contributed by atoms with Crippen LogP contribution in [0, 0.1) is 0 Å². The molecule has 0 aliphatic rings. The SMILES string of the molecule is [N-]=[N+]=NCC(O)C(O)c1csc(C=O)n1. The maximum atomic E-state index is 10.3. The first-order chi connectivity index (χ1) is 7.19. The second-order valence-corrected chi connectivity index (χ2v) is 3.54. The molecule has 0 aromatic carbocycles. The number of carbonyl (C=O) groups excluding carboxylic acids is 1. The van der Waals surface area contributed by atoms with Crippen molar-refractivity contribution in [3.8, 4) is 0 Å². The molecule has 1 rings (SSSR count). The zero-order valence-corrected chi connectivity index (χ0v) is 8.33. The lowest BCUT2D eigenvalue weighted by Gasteiger charge is -2.12. The number of aliphatic hydroxyl groups excluding tert-OH is 2. The van der Waals surface area contributed by atoms with Gasteiger partial charge < -0.3 is 10.2 Å². The maximum Gasteiger partial charge on any atom is 0.178 e. The first-order valence-electron chi connectivity index (χ1n) is 3.96. The molecule has 2 N–H and O–H groups in total. The Labute approximate surface area is 88.6 Å². The van der Waals surface area contributed by atoms with E-state index in [9.17, 15) is 15.0 Å². The van der Waals surface area contributed by atoms with Crippen LogP contribution in [-0.4, -0.2) is 34.1 Å². The highest BCUT2D eigenvalue weighted by atomic mass is 32.1. The lowest BCUT2D eigenvalue weighted by Crippen LogP contribution is -2.21. The lowest BCUT2D eigenvalue weighted by molar-refractivity contribution is 0.0221. The third-order valence-electron chi connectivity index (χ3n) is 1.64. The molecule has 0 aliphatic carbocycles. The van der Waals surface area contributed by atoms with E-state index in [1.165, 1.54) is 5.38 Å². The van der Waals surface area contributed by atoms with Crippen molar-refractivity contribution in [2.45, 2.75) is 12.2 Å². The van der Waals surface area contributed by atoms with Gasteiger partial charge in [0.25, 0.3) is 0 Å². The Balaban J connectivity index is 2.70. The Morgan fingerprint density at radius 1 is 1.73 bits per heavy atom. The molecular weight excluding hydrogens is 220 g/mol. The highest BCUT2D eigenvalue weighted by Gasteiger charge is 2.20. The van der Waals surface area contributed by atoms with Gasteiger partial charge in [-0.2, -0.15) is 0 Å². The van der Waals surface area contributed by atoms with Gasteiger partial charge in [0.15, 0.2) is 11.3 Å². The van der Waals surface area contributed by atoms with E-state index in [1.807, 2.05) is 0 Å². The van der Waals surface area contributed by atoms with E-state index >= 15 is 0 Å². The molecule has 1 heterocycles. The predicted molar refractivity (Wildman–Crippen MR) is 52.5 cm³/mol. The number of aromatic nitrogens is 1. The van der Waals surface area contributed by atoms with Gasteiger partial charge in [0, 0.05) is 10.3 Å². The van der Waals surface area contributed by atoms with Crippen LogP contribution in [0.5, 0.6) is 0 Å². The zero-order valence-electron chi connectivity index (χ0n) is 7.52. The van der Waals surface area contributed by atoms with E-state index in [0.717, 1.165) is 11.3 Å². The Morgan fingerprint density at radius 2 is 2.47 bits per heavy atom. The van der Waals surface area contributed by atoms with Crippen LogP contribution in [0.1, 0.15) is 21.6 Å². The summed E-state index contributed by atoms with van der Waals surface area (Å²) in [4.78, 5) is 16.5. The molecule has 15 heavy (non-hydrogen) atoms. The molecule has 1 aromatic rings. The summed E-state index contributed by atoms with van der Waals surface area (Å²) in [6, 6.07) is 0. The van der Waals surface area contributed by atoms with E-state index in [0.29, 0.717) is 6.29 Å². The molecule has 2 unspecified atom stereocenters. The lowest BCUT2D eigenvalue weighted by atomic mass is 10.1. The Kier molecular flexibility index (Phi) is 4.19. The standard InChI is InChI=1S/C7H8N4O3S/c8-11-9-1-5(13)7(14)4-3-15-6(2-12)10-4/h2-3,5,7,13-14H,1H2. The van der Waals surface area contributed by atoms with Gasteiger partial charge in [-0.1, -0.05) is 5.11 Å². The van der Waals surface area contributed by atoms with Crippen LogP contribution in [0.25, 0.3) is 10.4 Å². The molecule has 7 nitrogen and oxygen atoms in total. The van der Waals surface area contributed by atoms with Crippen molar-refractivity contribution in [3.63, 3.8) is 0 Å². The number of aldehydes is 1. The van der Waals surface area contributed by atoms with Gasteiger partial charge in [0.2, 0.25) is 0 Å². The molecule has 0 aliphatic heterocycles. The molecule has 0 spiro atoms. The summed E-state index contributed by atoms with van der Waals surface area (Å²) in [6.45, 7) is -0.244. The van der Waals surface area contributed by atoms with Gasteiger partial charge in [-0.05, 0) is 5.53 Å². The van der Waals surface area contributed by atoms with Crippen molar-refractivity contribution in [2.75, 3.05) is 6.54 Å². The average Bonchev–Trinajstić information content (AvgIpc) is 2.73. The summed E-state index contributed by atoms with van der Waals surface area (Å²) < 4.78 is 0. The summed E-state index contributed by atoms with van der Waals surface area (Å²) in [5.41, 5.74) is 8.21. The van der Waals surface area contributed by atoms with E-state index in [4.69, 9.17) is 5.53 Å². The van der Waals surface area contributed by atoms with E-state index < -0.39 is 12.2 Å². The van der Waals surface area contributed by atoms with Gasteiger partial charge in [-0.25, -0.2) is 4.98 Å². The molecule has 0 radical (unpaired) electrons. The number of hydrogen-bond donors (Lipinski definition) is 2. The summed E-state index contributed by atoms with van der Waals surface area (Å²) in [6.07, 6.45) is -1.91. The number of aliphatic hydroxyl groups is 2. The number of thiazole rings is 1. The van der Waals surface area contributed by atoms with Crippen molar-refractivity contribution >= 4 is 17.6 Å². The minimum Gasteiger partial charge on any atom is -0.390 e. The highest BCUT2D eigenvalue weighted by molar-refractivity contribution is 7.11. The number of hydrogen-bond acceptors (Lipinski definition) is 6. The molecule has 2 atom stereocenters. The van der Waals surface area contributed by atoms with Crippen LogP contribution in [0.2, 0.25) is 0 Å². The number of azide groups is 1. The van der Waals surface area contributed by atoms with Crippen molar-refractivity contribution in [1.82, 2.24) is 4.98 Å². The van der Waals surface area contributed by atoms with Gasteiger partial charge in [-0.3, -0.25) is 4.79 Å². The minimum atomic E-state index is -1.25. The molecule has 0 amide bonds. The molecule has 0 bridgehead atoms. The van der Waals surface area contributed by atoms with Crippen LogP contribution in [-0.2, 0) is 0 Å². The summed E-state index contributed by atoms with van der Waals surface area (Å²) in [5.74, 6) is 0. The van der Waals surface area contributed by atoms with E-state index in [1.54, 1.807) is 0 Å². The zero-order chi connectivity index (χ0) is 11.3. The quantitative estimate of drug-likeness (QED) is 0.333. The van der Waals surface area contributed by atoms with Crippen molar-refractivity contribution in [2.24, 2.45) is 5.11 Å². The molecule has 80 valence electrons. The van der Waals surface area contributed by atoms with Gasteiger partial charge in [-0.15, -0.1) is 11.3 Å². The second-order valence-electron chi connectivity index (χ2n) is 2.65. The first-order valence-corrected chi connectivity index (χ1v) is 4.84. The van der Waals surface area contributed by atoms with Gasteiger partial charge in [0.1, 0.15) is 6.10 Å². The largest absolute Gasteiger partial charge is 0.390 e. The smallest absolute Gasteiger partial charge is 0.178 e. The summed E-state index contributed by atoms with van der Waals surface area (Å²) >= 11 is 1.07. The Bertz CT molecular complexity index is 387. The summed E-state index contributed by atoms with van der Waals surface area (Å²) in [5, 5.41) is 23.7. The molecule has 0 fully saturated rings. The topological polar surface area (TPSA) is 119 Å². The predicted octanol–water partition coefficient (Wildman–Crippen LogP) is 0.660. The van der Waals surface area contributed by atoms with Crippen LogP contribution in [0.4, 0.5) is 0 Å². The first kappa shape index (κ1) is 11.6. The second kappa shape index (κ2) is 5.42. The van der Waals surface area contributed by atoms with Crippen LogP contribution >= 0.6 is 11.3 Å². The van der Waals surface area contributed by atoms with Gasteiger partial charge in [0.05, 0.1) is 18.3 Å². The van der Waals surface area contributed by atoms with Crippen LogP contribution < -0.4 is 0 Å². The monoisotopic (exact) mass is 228 g/mol. The normalized spacial score (nSPS) is 14.0. The summed E-state index contributed by atoms with van der Waals surface area (Å²) in [7, 11) is 0. The van der Waals surface area contributed by atoms with Crippen molar-refractivity contribution in [1.29, 1.82) is 0 Å². The molecule has 8 heteroatoms. The fourth-order valence-electron chi connectivity index (χ4n) is 0.908. The average molecular weight is 228 g/mol. The Hall–Kier alpha value is -1.47. The fourth-order valence-corrected chi connectivity index (χ4v) is 1.56. The van der Waals surface area contributed by atoms with Crippen LogP contribution in [0.3, 0.4) is 0 Å². The van der Waals surface area contributed by atoms with Gasteiger partial charge >= 0.3 is 0 Å². The van der Waals surface area contributed by atoms with E-state index in [2.05, 4.69) is 15.0 Å². The maximum absolute atomic E-state index is 10.3. The van der Waals surface area contributed by atoms with Crippen molar-refractivity contribution < 1.29 is 15.0 Å². The Morgan fingerprint density at radius 3 is 3.00 bits per heavy atom. The molecule has 1 aromatic heterocycles. The third-order valence-corrected chi connectivity index (χ3v) is 2.43. The number of nitrogens with zero attached hydrogens (tertiary/aromatic N) is 4. The van der Waals surface area contributed by atoms with Crippen molar-refractivity contribution in [3.05, 3.63) is 26.5 Å². The fraction of sp³-hybridized carbons (Fsp3) is 0.429. The third kappa shape index (κ3) is 3.00. The minimum absolute atomic E-state index is 0.197. The van der Waals surface area contributed by atoms with Crippen LogP contribution in [0.15, 0.2) is 10.5 Å². The molecule has 0 saturated heterocycles. The number of rotatable bonds is 5. The molecular formula is C7H8N4O3S. The van der Waals surface area contributed by atoms with E-state index in [-0.39, 0.29) is 17.2 Å². The molecule has 0 saturated carbocycles.